The van der Waals surface area contributed by atoms with Crippen LogP contribution in [0.25, 0.3) is 17.5 Å². The lowest BCUT2D eigenvalue weighted by Crippen LogP contribution is -2.33. The molecule has 1 amide bonds. The maximum atomic E-state index is 13.0. The molecule has 0 aliphatic rings. The average molecular weight is 454 g/mol. The molecule has 0 fully saturated rings. The minimum Gasteiger partial charge on any atom is -0.497 e. The molecule has 0 radical (unpaired) electrons. The van der Waals surface area contributed by atoms with Crippen molar-refractivity contribution in [3.8, 4) is 17.1 Å². The zero-order valence-electron chi connectivity index (χ0n) is 19.1. The third kappa shape index (κ3) is 6.42. The van der Waals surface area contributed by atoms with Crippen LogP contribution in [0.2, 0.25) is 0 Å². The summed E-state index contributed by atoms with van der Waals surface area (Å²) in [6, 6.07) is 27.4. The summed E-state index contributed by atoms with van der Waals surface area (Å²) in [6.45, 7) is 1.08. The number of carbonyl (C=O) groups is 1. The third-order valence-electron chi connectivity index (χ3n) is 5.45. The summed E-state index contributed by atoms with van der Waals surface area (Å²) in [5, 5.41) is 4.09. The molecule has 0 spiro atoms. The molecule has 0 atom stereocenters. The number of carbonyl (C=O) groups excluding carboxylic acids is 1. The molecule has 0 aliphatic heterocycles. The maximum Gasteiger partial charge on any atom is 0.246 e. The zero-order chi connectivity index (χ0) is 23.6. The number of hydrogen-bond acceptors (Lipinski definition) is 5. The molecule has 0 unspecified atom stereocenters. The van der Waals surface area contributed by atoms with E-state index in [-0.39, 0.29) is 5.91 Å². The molecular weight excluding hydrogens is 426 g/mol. The highest BCUT2D eigenvalue weighted by atomic mass is 16.5. The van der Waals surface area contributed by atoms with E-state index in [2.05, 4.69) is 22.3 Å². The van der Waals surface area contributed by atoms with Crippen molar-refractivity contribution in [1.29, 1.82) is 0 Å². The molecule has 0 N–H and O–H groups in total. The van der Waals surface area contributed by atoms with Crippen molar-refractivity contribution >= 4 is 12.0 Å². The predicted octanol–water partition coefficient (Wildman–Crippen LogP) is 5.07. The first-order chi connectivity index (χ1) is 16.7. The van der Waals surface area contributed by atoms with Gasteiger partial charge in [0.2, 0.25) is 17.6 Å². The minimum absolute atomic E-state index is 0.0466. The second kappa shape index (κ2) is 11.6. The summed E-state index contributed by atoms with van der Waals surface area (Å²) in [5.74, 6) is 1.73. The number of hydrogen-bond donors (Lipinski definition) is 0. The van der Waals surface area contributed by atoms with E-state index in [0.717, 1.165) is 23.3 Å². The van der Waals surface area contributed by atoms with Gasteiger partial charge in [-0.1, -0.05) is 65.8 Å². The quantitative estimate of drug-likeness (QED) is 0.314. The molecule has 4 rings (SSSR count). The van der Waals surface area contributed by atoms with Crippen LogP contribution in [0.4, 0.5) is 0 Å². The molecular formula is C28H27N3O3. The monoisotopic (exact) mass is 453 g/mol. The third-order valence-corrected chi connectivity index (χ3v) is 5.45. The van der Waals surface area contributed by atoms with E-state index < -0.39 is 0 Å². The highest BCUT2D eigenvalue weighted by Crippen LogP contribution is 2.20. The highest BCUT2D eigenvalue weighted by Gasteiger charge is 2.14. The Morgan fingerprint density at radius 3 is 2.29 bits per heavy atom. The van der Waals surface area contributed by atoms with Gasteiger partial charge >= 0.3 is 0 Å². The van der Waals surface area contributed by atoms with Crippen molar-refractivity contribution in [2.75, 3.05) is 20.2 Å². The Bertz CT molecular complexity index is 1200. The van der Waals surface area contributed by atoms with E-state index in [1.165, 1.54) is 5.56 Å². The summed E-state index contributed by atoms with van der Waals surface area (Å²) in [4.78, 5) is 19.3. The van der Waals surface area contributed by atoms with E-state index >= 15 is 0 Å². The van der Waals surface area contributed by atoms with Crippen molar-refractivity contribution in [3.05, 3.63) is 108 Å². The number of benzene rings is 3. The maximum absolute atomic E-state index is 13.0. The van der Waals surface area contributed by atoms with Crippen LogP contribution in [0.3, 0.4) is 0 Å². The van der Waals surface area contributed by atoms with Gasteiger partial charge in [-0.15, -0.1) is 0 Å². The summed E-state index contributed by atoms with van der Waals surface area (Å²) < 4.78 is 10.6. The number of ether oxygens (including phenoxy) is 1. The molecule has 0 aliphatic carbocycles. The fourth-order valence-corrected chi connectivity index (χ4v) is 3.52. The van der Waals surface area contributed by atoms with Crippen LogP contribution in [-0.2, 0) is 17.6 Å². The van der Waals surface area contributed by atoms with E-state index in [9.17, 15) is 4.79 Å². The van der Waals surface area contributed by atoms with E-state index in [0.29, 0.717) is 31.2 Å². The van der Waals surface area contributed by atoms with Crippen molar-refractivity contribution < 1.29 is 14.1 Å². The molecule has 1 aromatic heterocycles. The Labute approximate surface area is 199 Å². The lowest BCUT2D eigenvalue weighted by molar-refractivity contribution is -0.126. The molecule has 4 aromatic rings. The first-order valence-corrected chi connectivity index (χ1v) is 11.2. The van der Waals surface area contributed by atoms with Crippen molar-refractivity contribution in [1.82, 2.24) is 15.0 Å². The van der Waals surface area contributed by atoms with Gasteiger partial charge in [0.15, 0.2) is 0 Å². The number of methoxy groups -OCH3 is 1. The number of rotatable bonds is 10. The van der Waals surface area contributed by atoms with Gasteiger partial charge in [-0.2, -0.15) is 4.98 Å². The molecule has 34 heavy (non-hydrogen) atoms. The van der Waals surface area contributed by atoms with Gasteiger partial charge in [-0.25, -0.2) is 0 Å². The zero-order valence-corrected chi connectivity index (χ0v) is 19.1. The molecule has 0 saturated carbocycles. The van der Waals surface area contributed by atoms with Gasteiger partial charge < -0.3 is 14.2 Å². The van der Waals surface area contributed by atoms with Gasteiger partial charge in [0.25, 0.3) is 0 Å². The van der Waals surface area contributed by atoms with E-state index in [4.69, 9.17) is 9.26 Å². The van der Waals surface area contributed by atoms with E-state index in [1.807, 2.05) is 83.8 Å². The standard InChI is InChI=1S/C28H27N3O3/c1-33-25-15-13-24(14-16-25)28-29-26(34-30-28)19-21-31(20-18-23-10-6-3-7-11-23)27(32)17-12-22-8-4-2-5-9-22/h2-17H,18-21H2,1H3. The molecule has 172 valence electrons. The molecule has 0 saturated heterocycles. The van der Waals surface area contributed by atoms with Gasteiger partial charge in [-0.05, 0) is 47.9 Å². The smallest absolute Gasteiger partial charge is 0.246 e. The molecule has 6 nitrogen and oxygen atoms in total. The number of aromatic nitrogens is 2. The fraction of sp³-hybridized carbons (Fsp3) is 0.179. The van der Waals surface area contributed by atoms with Crippen LogP contribution < -0.4 is 4.74 Å². The first-order valence-electron chi connectivity index (χ1n) is 11.2. The Morgan fingerprint density at radius 1 is 0.912 bits per heavy atom. The van der Waals surface area contributed by atoms with Crippen LogP contribution in [-0.4, -0.2) is 41.1 Å². The van der Waals surface area contributed by atoms with E-state index in [1.54, 1.807) is 13.2 Å². The van der Waals surface area contributed by atoms with Crippen LogP contribution >= 0.6 is 0 Å². The molecule has 3 aromatic carbocycles. The second-order valence-corrected chi connectivity index (χ2v) is 7.80. The largest absolute Gasteiger partial charge is 0.497 e. The van der Waals surface area contributed by atoms with Crippen LogP contribution in [0.5, 0.6) is 5.75 Å². The SMILES string of the molecule is COc1ccc(-c2noc(CCN(CCc3ccccc3)C(=O)C=Cc3ccccc3)n2)cc1. The summed E-state index contributed by atoms with van der Waals surface area (Å²) in [7, 11) is 1.63. The van der Waals surface area contributed by atoms with Gasteiger partial charge in [0, 0.05) is 31.1 Å². The number of amides is 1. The fourth-order valence-electron chi connectivity index (χ4n) is 3.52. The van der Waals surface area contributed by atoms with Crippen LogP contribution in [0.1, 0.15) is 17.0 Å². The lowest BCUT2D eigenvalue weighted by Gasteiger charge is -2.20. The molecule has 1 heterocycles. The normalized spacial score (nSPS) is 11.0. The van der Waals surface area contributed by atoms with Gasteiger partial charge in [-0.3, -0.25) is 4.79 Å². The number of nitrogens with zero attached hydrogens (tertiary/aromatic N) is 3. The summed E-state index contributed by atoms with van der Waals surface area (Å²) in [6.07, 6.45) is 4.71. The minimum atomic E-state index is -0.0466. The van der Waals surface area contributed by atoms with Gasteiger partial charge in [0.05, 0.1) is 7.11 Å². The van der Waals surface area contributed by atoms with Gasteiger partial charge in [0.1, 0.15) is 5.75 Å². The molecule has 0 bridgehead atoms. The first kappa shape index (κ1) is 23.0. The molecule has 6 heteroatoms. The Kier molecular flexibility index (Phi) is 7.85. The average Bonchev–Trinajstić information content (AvgIpc) is 3.37. The lowest BCUT2D eigenvalue weighted by atomic mass is 10.1. The van der Waals surface area contributed by atoms with Crippen molar-refractivity contribution in [2.45, 2.75) is 12.8 Å². The Hall–Kier alpha value is -4.19. The Balaban J connectivity index is 1.42. The predicted molar refractivity (Wildman–Crippen MR) is 132 cm³/mol. The highest BCUT2D eigenvalue weighted by molar-refractivity contribution is 5.91. The van der Waals surface area contributed by atoms with Crippen molar-refractivity contribution in [3.63, 3.8) is 0 Å². The van der Waals surface area contributed by atoms with Crippen LogP contribution in [0.15, 0.2) is 95.5 Å². The second-order valence-electron chi connectivity index (χ2n) is 7.80. The summed E-state index contributed by atoms with van der Waals surface area (Å²) >= 11 is 0. The Morgan fingerprint density at radius 2 is 1.59 bits per heavy atom. The van der Waals surface area contributed by atoms with Crippen molar-refractivity contribution in [2.24, 2.45) is 0 Å². The topological polar surface area (TPSA) is 68.5 Å². The summed E-state index contributed by atoms with van der Waals surface area (Å²) in [5.41, 5.74) is 3.02. The van der Waals surface area contributed by atoms with Crippen LogP contribution in [0, 0.1) is 0 Å².